The Morgan fingerprint density at radius 1 is 1.57 bits per heavy atom. The van der Waals surface area contributed by atoms with Crippen LogP contribution in [0.15, 0.2) is 16.8 Å². The average molecular weight is 214 g/mol. The molecule has 0 bridgehead atoms. The molecule has 0 aromatic carbocycles. The van der Waals surface area contributed by atoms with Gasteiger partial charge >= 0.3 is 0 Å². The van der Waals surface area contributed by atoms with Crippen molar-refractivity contribution >= 4 is 11.3 Å². The Balaban J connectivity index is 2.40. The molecule has 1 heterocycles. The fourth-order valence-corrected chi connectivity index (χ4v) is 2.05. The van der Waals surface area contributed by atoms with Crippen LogP contribution in [0.2, 0.25) is 0 Å². The Hall–Kier alpha value is -0.420. The zero-order valence-corrected chi connectivity index (χ0v) is 9.51. The van der Waals surface area contributed by atoms with E-state index in [2.05, 4.69) is 29.2 Å². The van der Waals surface area contributed by atoms with E-state index in [9.17, 15) is 0 Å². The minimum Gasteiger partial charge on any atom is -0.382 e. The van der Waals surface area contributed by atoms with E-state index >= 15 is 0 Å². The SMILES string of the molecule is COC(C)CCC(NN)c1ccsc1. The Kier molecular flexibility index (Phi) is 5.11. The van der Waals surface area contributed by atoms with Crippen molar-refractivity contribution in [2.75, 3.05) is 7.11 Å². The van der Waals surface area contributed by atoms with E-state index in [1.807, 2.05) is 0 Å². The molecule has 0 spiro atoms. The minimum atomic E-state index is 0.249. The standard InChI is InChI=1S/C10H18N2OS/c1-8(13-2)3-4-10(12-11)9-5-6-14-7-9/h5-8,10,12H,3-4,11H2,1-2H3. The van der Waals surface area contributed by atoms with Crippen molar-refractivity contribution in [3.05, 3.63) is 22.4 Å². The van der Waals surface area contributed by atoms with E-state index in [4.69, 9.17) is 10.6 Å². The monoisotopic (exact) mass is 214 g/mol. The maximum Gasteiger partial charge on any atom is 0.0543 e. The van der Waals surface area contributed by atoms with E-state index in [1.165, 1.54) is 5.56 Å². The number of nitrogens with one attached hydrogen (secondary N) is 1. The second-order valence-electron chi connectivity index (χ2n) is 3.40. The molecule has 0 aliphatic heterocycles. The van der Waals surface area contributed by atoms with E-state index < -0.39 is 0 Å². The Labute approximate surface area is 89.2 Å². The first-order valence-electron chi connectivity index (χ1n) is 4.79. The lowest BCUT2D eigenvalue weighted by atomic mass is 10.0. The van der Waals surface area contributed by atoms with Crippen LogP contribution in [-0.2, 0) is 4.74 Å². The zero-order valence-electron chi connectivity index (χ0n) is 8.69. The maximum atomic E-state index is 5.51. The molecule has 2 unspecified atom stereocenters. The first-order valence-corrected chi connectivity index (χ1v) is 5.73. The molecule has 1 aromatic rings. The van der Waals surface area contributed by atoms with Gasteiger partial charge in [-0.15, -0.1) is 0 Å². The smallest absolute Gasteiger partial charge is 0.0543 e. The van der Waals surface area contributed by atoms with Crippen molar-refractivity contribution < 1.29 is 4.74 Å². The van der Waals surface area contributed by atoms with Crippen molar-refractivity contribution in [3.8, 4) is 0 Å². The lowest BCUT2D eigenvalue weighted by Crippen LogP contribution is -2.28. The zero-order chi connectivity index (χ0) is 10.4. The molecule has 4 heteroatoms. The van der Waals surface area contributed by atoms with Crippen molar-refractivity contribution in [1.29, 1.82) is 0 Å². The third-order valence-corrected chi connectivity index (χ3v) is 3.11. The summed E-state index contributed by atoms with van der Waals surface area (Å²) in [7, 11) is 1.74. The van der Waals surface area contributed by atoms with Crippen LogP contribution in [0.1, 0.15) is 31.4 Å². The number of thiophene rings is 1. The summed E-state index contributed by atoms with van der Waals surface area (Å²) in [6, 6.07) is 2.35. The molecule has 1 aromatic heterocycles. The van der Waals surface area contributed by atoms with Gasteiger partial charge in [-0.1, -0.05) is 0 Å². The molecule has 0 fully saturated rings. The molecule has 0 amide bonds. The van der Waals surface area contributed by atoms with Crippen molar-refractivity contribution in [3.63, 3.8) is 0 Å². The molecular weight excluding hydrogens is 196 g/mol. The third kappa shape index (κ3) is 3.38. The molecule has 1 rings (SSSR count). The second-order valence-corrected chi connectivity index (χ2v) is 4.18. The van der Waals surface area contributed by atoms with Crippen molar-refractivity contribution in [2.45, 2.75) is 31.9 Å². The molecule has 0 saturated carbocycles. The number of nitrogens with two attached hydrogens (primary N) is 1. The first kappa shape index (κ1) is 11.7. The third-order valence-electron chi connectivity index (χ3n) is 2.41. The summed E-state index contributed by atoms with van der Waals surface area (Å²) >= 11 is 1.70. The summed E-state index contributed by atoms with van der Waals surface area (Å²) in [5, 5.41) is 4.20. The number of hydrogen-bond acceptors (Lipinski definition) is 4. The highest BCUT2D eigenvalue weighted by molar-refractivity contribution is 7.07. The number of hydrazine groups is 1. The van der Waals surface area contributed by atoms with Gasteiger partial charge in [0.2, 0.25) is 0 Å². The van der Waals surface area contributed by atoms with Crippen LogP contribution in [0.25, 0.3) is 0 Å². The molecule has 0 radical (unpaired) electrons. The first-order chi connectivity index (χ1) is 6.77. The largest absolute Gasteiger partial charge is 0.382 e. The number of rotatable bonds is 6. The van der Waals surface area contributed by atoms with E-state index in [-0.39, 0.29) is 6.04 Å². The topological polar surface area (TPSA) is 47.3 Å². The molecule has 0 saturated heterocycles. The predicted octanol–water partition coefficient (Wildman–Crippen LogP) is 2.07. The fourth-order valence-electron chi connectivity index (χ4n) is 1.34. The van der Waals surface area contributed by atoms with Gasteiger partial charge in [0.15, 0.2) is 0 Å². The fraction of sp³-hybridized carbons (Fsp3) is 0.600. The predicted molar refractivity (Wildman–Crippen MR) is 60.1 cm³/mol. The number of ether oxygens (including phenoxy) is 1. The van der Waals surface area contributed by atoms with Crippen LogP contribution in [0.3, 0.4) is 0 Å². The van der Waals surface area contributed by atoms with Crippen LogP contribution in [0, 0.1) is 0 Å². The summed E-state index contributed by atoms with van der Waals surface area (Å²) < 4.78 is 5.20. The van der Waals surface area contributed by atoms with Gasteiger partial charge in [-0.2, -0.15) is 11.3 Å². The molecule has 14 heavy (non-hydrogen) atoms. The highest BCUT2D eigenvalue weighted by atomic mass is 32.1. The molecule has 80 valence electrons. The van der Waals surface area contributed by atoms with Crippen LogP contribution >= 0.6 is 11.3 Å². The Morgan fingerprint density at radius 3 is 2.86 bits per heavy atom. The van der Waals surface area contributed by atoms with Crippen LogP contribution in [0.5, 0.6) is 0 Å². The Bertz CT molecular complexity index is 238. The van der Waals surface area contributed by atoms with Crippen molar-refractivity contribution in [2.24, 2.45) is 5.84 Å². The van der Waals surface area contributed by atoms with Crippen LogP contribution in [0.4, 0.5) is 0 Å². The lowest BCUT2D eigenvalue weighted by Gasteiger charge is -2.16. The number of hydrogen-bond donors (Lipinski definition) is 2. The van der Waals surface area contributed by atoms with E-state index in [0.717, 1.165) is 12.8 Å². The van der Waals surface area contributed by atoms with Gasteiger partial charge in [-0.05, 0) is 42.2 Å². The molecule has 3 nitrogen and oxygen atoms in total. The van der Waals surface area contributed by atoms with E-state index in [1.54, 1.807) is 18.4 Å². The van der Waals surface area contributed by atoms with Gasteiger partial charge in [0, 0.05) is 13.2 Å². The normalized spacial score (nSPS) is 15.4. The van der Waals surface area contributed by atoms with Gasteiger partial charge in [-0.25, -0.2) is 0 Å². The highest BCUT2D eigenvalue weighted by Crippen LogP contribution is 2.21. The average Bonchev–Trinajstić information content (AvgIpc) is 2.72. The summed E-state index contributed by atoms with van der Waals surface area (Å²) in [5.41, 5.74) is 4.10. The van der Waals surface area contributed by atoms with Crippen LogP contribution < -0.4 is 11.3 Å². The summed E-state index contributed by atoms with van der Waals surface area (Å²) in [6.45, 7) is 2.07. The van der Waals surface area contributed by atoms with Crippen molar-refractivity contribution in [1.82, 2.24) is 5.43 Å². The van der Waals surface area contributed by atoms with Gasteiger partial charge < -0.3 is 4.74 Å². The van der Waals surface area contributed by atoms with Gasteiger partial charge in [0.1, 0.15) is 0 Å². The van der Waals surface area contributed by atoms with Gasteiger partial charge in [0.05, 0.1) is 6.10 Å². The second kappa shape index (κ2) is 6.14. The molecular formula is C10H18N2OS. The molecule has 0 aliphatic rings. The lowest BCUT2D eigenvalue weighted by molar-refractivity contribution is 0.106. The summed E-state index contributed by atoms with van der Waals surface area (Å²) in [5.74, 6) is 5.51. The highest BCUT2D eigenvalue weighted by Gasteiger charge is 2.11. The number of methoxy groups -OCH3 is 1. The molecule has 2 atom stereocenters. The van der Waals surface area contributed by atoms with Crippen LogP contribution in [-0.4, -0.2) is 13.2 Å². The maximum absolute atomic E-state index is 5.51. The molecule has 0 aliphatic carbocycles. The van der Waals surface area contributed by atoms with Gasteiger partial charge in [-0.3, -0.25) is 11.3 Å². The summed E-state index contributed by atoms with van der Waals surface area (Å²) in [4.78, 5) is 0. The Morgan fingerprint density at radius 2 is 2.36 bits per heavy atom. The summed E-state index contributed by atoms with van der Waals surface area (Å²) in [6.07, 6.45) is 2.31. The van der Waals surface area contributed by atoms with E-state index in [0.29, 0.717) is 6.10 Å². The van der Waals surface area contributed by atoms with Gasteiger partial charge in [0.25, 0.3) is 0 Å². The quantitative estimate of drug-likeness (QED) is 0.563. The molecule has 3 N–H and O–H groups in total. The minimum absolute atomic E-state index is 0.249.